The highest BCUT2D eigenvalue weighted by atomic mass is 19.1. The number of rotatable bonds is 5. The van der Waals surface area contributed by atoms with E-state index in [0.29, 0.717) is 30.3 Å². The van der Waals surface area contributed by atoms with Crippen molar-refractivity contribution in [3.05, 3.63) is 83.7 Å². The van der Waals surface area contributed by atoms with Crippen LogP contribution in [0.1, 0.15) is 16.8 Å². The Morgan fingerprint density at radius 2 is 2.00 bits per heavy atom. The fourth-order valence-electron chi connectivity index (χ4n) is 4.34. The molecule has 2 aliphatic heterocycles. The zero-order chi connectivity index (χ0) is 23.0. The van der Waals surface area contributed by atoms with Crippen LogP contribution in [0.25, 0.3) is 11.8 Å². The molecule has 0 spiro atoms. The normalized spacial score (nSPS) is 20.3. The van der Waals surface area contributed by atoms with Crippen LogP contribution in [0.3, 0.4) is 0 Å². The molecule has 1 fully saturated rings. The van der Waals surface area contributed by atoms with Crippen LogP contribution in [0.4, 0.5) is 4.39 Å². The average molecular weight is 446 g/mol. The minimum atomic E-state index is -1.06. The minimum Gasteiger partial charge on any atom is -0.495 e. The number of hydrogen-bond acceptors (Lipinski definition) is 5. The maximum atomic E-state index is 13.5. The number of aromatic nitrogens is 2. The maximum Gasteiger partial charge on any atom is 0.280 e. The van der Waals surface area contributed by atoms with Crippen molar-refractivity contribution in [2.75, 3.05) is 26.9 Å². The molecule has 7 nitrogen and oxygen atoms in total. The first kappa shape index (κ1) is 21.1. The molecule has 1 saturated heterocycles. The summed E-state index contributed by atoms with van der Waals surface area (Å²) in [6.45, 7) is 3.09. The van der Waals surface area contributed by atoms with E-state index in [1.807, 2.05) is 52.9 Å². The summed E-state index contributed by atoms with van der Waals surface area (Å²) in [5, 5.41) is 0. The van der Waals surface area contributed by atoms with Gasteiger partial charge in [-0.3, -0.25) is 4.79 Å². The topological polar surface area (TPSA) is 69.0 Å². The van der Waals surface area contributed by atoms with E-state index in [1.54, 1.807) is 25.6 Å². The van der Waals surface area contributed by atoms with Crippen LogP contribution in [0.2, 0.25) is 0 Å². The van der Waals surface area contributed by atoms with E-state index in [4.69, 9.17) is 9.47 Å². The number of imidazole rings is 1. The molecule has 1 aromatic heterocycles. The van der Waals surface area contributed by atoms with Crippen LogP contribution < -0.4 is 4.74 Å². The molecule has 1 atom stereocenters. The van der Waals surface area contributed by atoms with Gasteiger partial charge in [0.1, 0.15) is 17.4 Å². The van der Waals surface area contributed by atoms with Gasteiger partial charge in [0.05, 0.1) is 38.0 Å². The largest absolute Gasteiger partial charge is 0.495 e. The fourth-order valence-corrected chi connectivity index (χ4v) is 4.34. The van der Waals surface area contributed by atoms with E-state index in [1.165, 1.54) is 12.1 Å². The number of hydrogen-bond donors (Lipinski definition) is 0. The van der Waals surface area contributed by atoms with E-state index >= 15 is 0 Å². The number of carbonyl (C=O) groups is 1. The Balaban J connectivity index is 1.44. The monoisotopic (exact) mass is 446 g/mol. The zero-order valence-electron chi connectivity index (χ0n) is 18.4. The van der Waals surface area contributed by atoms with Crippen LogP contribution in [0.15, 0.2) is 66.1 Å². The predicted octanol–water partition coefficient (Wildman–Crippen LogP) is 3.51. The molecule has 0 bridgehead atoms. The van der Waals surface area contributed by atoms with Gasteiger partial charge in [0, 0.05) is 12.7 Å². The van der Waals surface area contributed by atoms with Gasteiger partial charge in [-0.2, -0.15) is 4.99 Å². The lowest BCUT2D eigenvalue weighted by atomic mass is 9.87. The predicted molar refractivity (Wildman–Crippen MR) is 122 cm³/mol. The molecule has 1 unspecified atom stereocenters. The molecular weight excluding hydrogens is 423 g/mol. The second-order valence-corrected chi connectivity index (χ2v) is 8.03. The third-order valence-corrected chi connectivity index (χ3v) is 6.02. The number of carbonyl (C=O) groups excluding carboxylic acids is 1. The number of halogens is 1. The number of benzene rings is 2. The van der Waals surface area contributed by atoms with Crippen molar-refractivity contribution in [1.82, 2.24) is 14.5 Å². The van der Waals surface area contributed by atoms with E-state index in [2.05, 4.69) is 9.98 Å². The Morgan fingerprint density at radius 3 is 2.73 bits per heavy atom. The molecule has 33 heavy (non-hydrogen) atoms. The Bertz CT molecular complexity index is 1260. The van der Waals surface area contributed by atoms with E-state index in [9.17, 15) is 9.18 Å². The van der Waals surface area contributed by atoms with Gasteiger partial charge in [-0.25, -0.2) is 9.37 Å². The molecule has 0 N–H and O–H groups in total. The number of amides is 1. The molecule has 5 rings (SSSR count). The molecule has 168 valence electrons. The van der Waals surface area contributed by atoms with Crippen LogP contribution in [0.5, 0.6) is 5.75 Å². The lowest BCUT2D eigenvalue weighted by molar-refractivity contribution is -0.134. The lowest BCUT2D eigenvalue weighted by Gasteiger charge is -2.41. The molecule has 0 radical (unpaired) electrons. The van der Waals surface area contributed by atoms with Gasteiger partial charge in [0.2, 0.25) is 0 Å². The summed E-state index contributed by atoms with van der Waals surface area (Å²) in [5.41, 5.74) is 2.30. The van der Waals surface area contributed by atoms with Gasteiger partial charge in [-0.15, -0.1) is 0 Å². The fraction of sp³-hybridized carbons (Fsp3) is 0.240. The Kier molecular flexibility index (Phi) is 5.30. The third kappa shape index (κ3) is 3.62. The van der Waals surface area contributed by atoms with Gasteiger partial charge < -0.3 is 18.9 Å². The van der Waals surface area contributed by atoms with Crippen LogP contribution in [0, 0.1) is 12.7 Å². The summed E-state index contributed by atoms with van der Waals surface area (Å²) in [5.74, 6) is 0.594. The molecule has 1 amide bonds. The second kappa shape index (κ2) is 8.29. The van der Waals surface area contributed by atoms with Crippen molar-refractivity contribution in [3.8, 4) is 11.4 Å². The van der Waals surface area contributed by atoms with Crippen molar-refractivity contribution in [3.63, 3.8) is 0 Å². The van der Waals surface area contributed by atoms with Crippen molar-refractivity contribution in [1.29, 1.82) is 0 Å². The first-order valence-electron chi connectivity index (χ1n) is 10.6. The number of methoxy groups -OCH3 is 1. The van der Waals surface area contributed by atoms with Crippen LogP contribution in [-0.4, -0.2) is 53.1 Å². The summed E-state index contributed by atoms with van der Waals surface area (Å²) in [6.07, 6.45) is 7.40. The second-order valence-electron chi connectivity index (χ2n) is 8.03. The highest BCUT2D eigenvalue weighted by molar-refractivity contribution is 6.12. The number of fused-ring (bicyclic) bond motifs is 1. The van der Waals surface area contributed by atoms with Crippen molar-refractivity contribution in [2.45, 2.75) is 12.5 Å². The molecule has 3 heterocycles. The van der Waals surface area contributed by atoms with Gasteiger partial charge in [-0.1, -0.05) is 24.3 Å². The Morgan fingerprint density at radius 1 is 1.18 bits per heavy atom. The highest BCUT2D eigenvalue weighted by Gasteiger charge is 2.53. The first-order chi connectivity index (χ1) is 16.0. The Labute approximate surface area is 190 Å². The molecule has 2 aromatic carbocycles. The maximum absolute atomic E-state index is 13.5. The highest BCUT2D eigenvalue weighted by Crippen LogP contribution is 2.38. The van der Waals surface area contributed by atoms with E-state index in [-0.39, 0.29) is 18.3 Å². The summed E-state index contributed by atoms with van der Waals surface area (Å²) < 4.78 is 26.6. The molecule has 8 heteroatoms. The van der Waals surface area contributed by atoms with E-state index in [0.717, 1.165) is 16.9 Å². The van der Waals surface area contributed by atoms with Gasteiger partial charge in [0.25, 0.3) is 5.91 Å². The SMILES string of the molecule is COc1cc(C=CC2=NC(=O)C3(c4ccc(F)cc4)COCCN23)ccc1-n1cnc(C)c1. The number of aryl methyl sites for hydroxylation is 1. The quantitative estimate of drug-likeness (QED) is 0.600. The Hall–Kier alpha value is -3.78. The number of aliphatic imine (C=N–C) groups is 1. The summed E-state index contributed by atoms with van der Waals surface area (Å²) in [7, 11) is 1.63. The molecule has 0 aliphatic carbocycles. The van der Waals surface area contributed by atoms with Crippen LogP contribution >= 0.6 is 0 Å². The number of nitrogens with zero attached hydrogens (tertiary/aromatic N) is 4. The summed E-state index contributed by atoms with van der Waals surface area (Å²) in [6, 6.07) is 11.8. The van der Waals surface area contributed by atoms with Crippen LogP contribution in [-0.2, 0) is 15.1 Å². The van der Waals surface area contributed by atoms with Gasteiger partial charge >= 0.3 is 0 Å². The number of morpholine rings is 1. The molecule has 2 aliphatic rings. The molecule has 0 saturated carbocycles. The summed E-state index contributed by atoms with van der Waals surface area (Å²) in [4.78, 5) is 23.6. The smallest absolute Gasteiger partial charge is 0.280 e. The summed E-state index contributed by atoms with van der Waals surface area (Å²) >= 11 is 0. The lowest BCUT2D eigenvalue weighted by Crippen LogP contribution is -2.56. The third-order valence-electron chi connectivity index (χ3n) is 6.02. The minimum absolute atomic E-state index is 0.172. The van der Waals surface area contributed by atoms with Crippen molar-refractivity contribution >= 4 is 17.8 Å². The zero-order valence-corrected chi connectivity index (χ0v) is 18.4. The molecular formula is C25H23FN4O3. The first-order valence-corrected chi connectivity index (χ1v) is 10.6. The van der Waals surface area contributed by atoms with Crippen molar-refractivity contribution < 1.29 is 18.7 Å². The van der Waals surface area contributed by atoms with Gasteiger partial charge in [-0.05, 0) is 48.4 Å². The average Bonchev–Trinajstić information content (AvgIpc) is 3.39. The van der Waals surface area contributed by atoms with Gasteiger partial charge in [0.15, 0.2) is 5.54 Å². The van der Waals surface area contributed by atoms with E-state index < -0.39 is 5.54 Å². The van der Waals surface area contributed by atoms with Crippen molar-refractivity contribution in [2.24, 2.45) is 4.99 Å². The number of ether oxygens (including phenoxy) is 2. The molecule has 3 aromatic rings. The standard InChI is InChI=1S/C25H23FN4O3/c1-17-14-29(16-27-17)21-9-3-18(13-22(21)32-2)4-10-23-28-24(31)25(15-33-12-11-30(23)25)19-5-7-20(26)8-6-19/h3-10,13-14,16H,11-12,15H2,1-2H3. The number of amidine groups is 1.